The van der Waals surface area contributed by atoms with Gasteiger partial charge in [-0.2, -0.15) is 0 Å². The molecule has 0 aliphatic heterocycles. The van der Waals surface area contributed by atoms with Crippen LogP contribution in [0.3, 0.4) is 0 Å². The SMILES string of the molecule is CC(C)c1cc(C(=O)N(CC(=O)O)C(C)(C)C)cc(Cl)n1. The molecule has 0 aromatic carbocycles. The van der Waals surface area contributed by atoms with Gasteiger partial charge in [-0.1, -0.05) is 25.4 Å². The van der Waals surface area contributed by atoms with Crippen LogP contribution in [0.15, 0.2) is 12.1 Å². The van der Waals surface area contributed by atoms with E-state index in [0.29, 0.717) is 11.3 Å². The van der Waals surface area contributed by atoms with E-state index in [4.69, 9.17) is 16.7 Å². The van der Waals surface area contributed by atoms with Crippen molar-refractivity contribution < 1.29 is 14.7 Å². The predicted octanol–water partition coefficient (Wildman–Crippen LogP) is 3.18. The number of carboxylic acid groups (broad SMARTS) is 1. The second kappa shape index (κ2) is 6.43. The number of nitrogens with zero attached hydrogens (tertiary/aromatic N) is 2. The Kier molecular flexibility index (Phi) is 5.34. The molecule has 116 valence electrons. The minimum absolute atomic E-state index is 0.123. The Labute approximate surface area is 129 Å². The van der Waals surface area contributed by atoms with Crippen LogP contribution in [-0.2, 0) is 4.79 Å². The van der Waals surface area contributed by atoms with E-state index in [1.807, 2.05) is 13.8 Å². The molecule has 0 saturated heterocycles. The molecule has 1 aromatic rings. The standard InChI is InChI=1S/C15H21ClN2O3/c1-9(2)11-6-10(7-12(16)17-11)14(21)18(8-13(19)20)15(3,4)5/h6-7,9H,8H2,1-5H3,(H,19,20). The fourth-order valence-corrected chi connectivity index (χ4v) is 2.06. The third-order valence-corrected chi connectivity index (χ3v) is 3.19. The summed E-state index contributed by atoms with van der Waals surface area (Å²) >= 11 is 5.96. The Balaban J connectivity index is 3.23. The Morgan fingerprint density at radius 1 is 1.33 bits per heavy atom. The number of rotatable bonds is 4. The highest BCUT2D eigenvalue weighted by molar-refractivity contribution is 6.29. The van der Waals surface area contributed by atoms with Crippen molar-refractivity contribution in [2.24, 2.45) is 0 Å². The number of hydrogen-bond acceptors (Lipinski definition) is 3. The van der Waals surface area contributed by atoms with Crippen LogP contribution in [0.5, 0.6) is 0 Å². The van der Waals surface area contributed by atoms with Gasteiger partial charge in [0, 0.05) is 16.8 Å². The summed E-state index contributed by atoms with van der Waals surface area (Å²) in [6, 6.07) is 3.13. The molecule has 1 heterocycles. The highest BCUT2D eigenvalue weighted by atomic mass is 35.5. The van der Waals surface area contributed by atoms with Crippen molar-refractivity contribution in [3.05, 3.63) is 28.5 Å². The number of amides is 1. The van der Waals surface area contributed by atoms with Crippen molar-refractivity contribution in [3.63, 3.8) is 0 Å². The van der Waals surface area contributed by atoms with Gasteiger partial charge in [-0.3, -0.25) is 9.59 Å². The summed E-state index contributed by atoms with van der Waals surface area (Å²) in [6.07, 6.45) is 0. The van der Waals surface area contributed by atoms with Crippen molar-refractivity contribution in [1.82, 2.24) is 9.88 Å². The molecule has 1 aromatic heterocycles. The second-order valence-electron chi connectivity index (χ2n) is 6.21. The number of hydrogen-bond donors (Lipinski definition) is 1. The normalized spacial score (nSPS) is 11.6. The highest BCUT2D eigenvalue weighted by Gasteiger charge is 2.29. The fourth-order valence-electron chi connectivity index (χ4n) is 1.84. The smallest absolute Gasteiger partial charge is 0.323 e. The molecule has 0 radical (unpaired) electrons. The first kappa shape index (κ1) is 17.4. The number of aromatic nitrogens is 1. The van der Waals surface area contributed by atoms with Gasteiger partial charge in [-0.25, -0.2) is 4.98 Å². The number of carbonyl (C=O) groups is 2. The fraction of sp³-hybridized carbons (Fsp3) is 0.533. The minimum atomic E-state index is -1.05. The summed E-state index contributed by atoms with van der Waals surface area (Å²) in [5.41, 5.74) is 0.452. The van der Waals surface area contributed by atoms with Crippen LogP contribution in [-0.4, -0.2) is 39.0 Å². The maximum Gasteiger partial charge on any atom is 0.323 e. The molecule has 6 heteroatoms. The van der Waals surface area contributed by atoms with Crippen LogP contribution in [0.25, 0.3) is 0 Å². The number of carboxylic acids is 1. The largest absolute Gasteiger partial charge is 0.480 e. The lowest BCUT2D eigenvalue weighted by Crippen LogP contribution is -2.48. The first-order valence-corrected chi connectivity index (χ1v) is 7.11. The zero-order valence-corrected chi connectivity index (χ0v) is 13.7. The number of pyridine rings is 1. The Morgan fingerprint density at radius 3 is 2.33 bits per heavy atom. The lowest BCUT2D eigenvalue weighted by Gasteiger charge is -2.34. The molecule has 0 bridgehead atoms. The molecule has 1 rings (SSSR count). The van der Waals surface area contributed by atoms with Crippen molar-refractivity contribution in [3.8, 4) is 0 Å². The molecule has 0 aliphatic rings. The zero-order chi connectivity index (χ0) is 16.4. The average Bonchev–Trinajstić information content (AvgIpc) is 2.32. The van der Waals surface area contributed by atoms with Crippen molar-refractivity contribution >= 4 is 23.5 Å². The van der Waals surface area contributed by atoms with Gasteiger partial charge < -0.3 is 10.0 Å². The van der Waals surface area contributed by atoms with Crippen LogP contribution in [0.1, 0.15) is 56.6 Å². The molecule has 0 atom stereocenters. The molecule has 21 heavy (non-hydrogen) atoms. The Morgan fingerprint density at radius 2 is 1.90 bits per heavy atom. The van der Waals surface area contributed by atoms with E-state index in [9.17, 15) is 9.59 Å². The zero-order valence-electron chi connectivity index (χ0n) is 13.0. The van der Waals surface area contributed by atoms with E-state index < -0.39 is 11.5 Å². The van der Waals surface area contributed by atoms with Crippen LogP contribution in [0.4, 0.5) is 0 Å². The van der Waals surface area contributed by atoms with Crippen molar-refractivity contribution in [1.29, 1.82) is 0 Å². The third kappa shape index (κ3) is 4.70. The first-order valence-electron chi connectivity index (χ1n) is 6.73. The van der Waals surface area contributed by atoms with Crippen LogP contribution >= 0.6 is 11.6 Å². The monoisotopic (exact) mass is 312 g/mol. The topological polar surface area (TPSA) is 70.5 Å². The van der Waals surface area contributed by atoms with E-state index in [1.54, 1.807) is 26.8 Å². The summed E-state index contributed by atoms with van der Waals surface area (Å²) in [7, 11) is 0. The number of aliphatic carboxylic acids is 1. The number of halogens is 1. The Hall–Kier alpha value is -1.62. The van der Waals surface area contributed by atoms with Gasteiger partial charge in [-0.05, 0) is 38.8 Å². The lowest BCUT2D eigenvalue weighted by molar-refractivity contribution is -0.138. The van der Waals surface area contributed by atoms with Crippen molar-refractivity contribution in [2.75, 3.05) is 6.54 Å². The van der Waals surface area contributed by atoms with Gasteiger partial charge in [-0.15, -0.1) is 0 Å². The lowest BCUT2D eigenvalue weighted by atomic mass is 10.0. The summed E-state index contributed by atoms with van der Waals surface area (Å²) < 4.78 is 0. The van der Waals surface area contributed by atoms with Gasteiger partial charge in [0.25, 0.3) is 5.91 Å². The molecular formula is C15H21ClN2O3. The molecule has 0 spiro atoms. The van der Waals surface area contributed by atoms with Gasteiger partial charge in [0.2, 0.25) is 0 Å². The molecule has 0 fully saturated rings. The summed E-state index contributed by atoms with van der Waals surface area (Å²) in [5, 5.41) is 9.24. The van der Waals surface area contributed by atoms with Crippen LogP contribution < -0.4 is 0 Å². The molecule has 0 saturated carbocycles. The highest BCUT2D eigenvalue weighted by Crippen LogP contribution is 2.22. The Bertz CT molecular complexity index is 550. The van der Waals surface area contributed by atoms with Gasteiger partial charge in [0.1, 0.15) is 11.7 Å². The molecule has 5 nitrogen and oxygen atoms in total. The molecule has 1 N–H and O–H groups in total. The maximum atomic E-state index is 12.6. The van der Waals surface area contributed by atoms with Gasteiger partial charge in [0.15, 0.2) is 0 Å². The van der Waals surface area contributed by atoms with Crippen LogP contribution in [0.2, 0.25) is 5.15 Å². The summed E-state index contributed by atoms with van der Waals surface area (Å²) in [4.78, 5) is 29.1. The van der Waals surface area contributed by atoms with Crippen molar-refractivity contribution in [2.45, 2.75) is 46.1 Å². The minimum Gasteiger partial charge on any atom is -0.480 e. The molecule has 1 amide bonds. The quantitative estimate of drug-likeness (QED) is 0.867. The number of carbonyl (C=O) groups excluding carboxylic acids is 1. The van der Waals surface area contributed by atoms with E-state index in [-0.39, 0.29) is 23.5 Å². The third-order valence-electron chi connectivity index (χ3n) is 3.00. The maximum absolute atomic E-state index is 12.6. The average molecular weight is 313 g/mol. The molecular weight excluding hydrogens is 292 g/mol. The first-order chi connectivity index (χ1) is 9.52. The summed E-state index contributed by atoms with van der Waals surface area (Å²) in [5.74, 6) is -1.29. The van der Waals surface area contributed by atoms with E-state index in [2.05, 4.69) is 4.98 Å². The van der Waals surface area contributed by atoms with E-state index in [0.717, 1.165) is 0 Å². The molecule has 0 unspecified atom stereocenters. The second-order valence-corrected chi connectivity index (χ2v) is 6.60. The molecule has 0 aliphatic carbocycles. The van der Waals surface area contributed by atoms with E-state index >= 15 is 0 Å². The van der Waals surface area contributed by atoms with Gasteiger partial charge in [0.05, 0.1) is 0 Å². The van der Waals surface area contributed by atoms with E-state index in [1.165, 1.54) is 11.0 Å². The predicted molar refractivity (Wildman–Crippen MR) is 81.8 cm³/mol. The van der Waals surface area contributed by atoms with Gasteiger partial charge >= 0.3 is 5.97 Å². The summed E-state index contributed by atoms with van der Waals surface area (Å²) in [6.45, 7) is 8.91. The van der Waals surface area contributed by atoms with Crippen LogP contribution in [0, 0.1) is 0 Å².